The molecule has 1 heterocycles. The number of rotatable bonds is 30. The molecule has 0 N–H and O–H groups in total. The molecule has 0 amide bonds. The summed E-state index contributed by atoms with van der Waals surface area (Å²) in [6.45, 7) is 5.73. The van der Waals surface area contributed by atoms with E-state index in [-0.39, 0.29) is 24.1 Å². The van der Waals surface area contributed by atoms with Gasteiger partial charge in [-0.1, -0.05) is 127 Å². The molecule has 2 atom stereocenters. The number of ether oxygens (including phenoxy) is 2. The van der Waals surface area contributed by atoms with Gasteiger partial charge in [0.2, 0.25) is 0 Å². The van der Waals surface area contributed by atoms with Gasteiger partial charge in [-0.3, -0.25) is 14.5 Å². The van der Waals surface area contributed by atoms with Gasteiger partial charge in [-0.05, 0) is 84.1 Å². The second-order valence-corrected chi connectivity index (χ2v) is 13.2. The van der Waals surface area contributed by atoms with Crippen LogP contribution in [-0.2, 0) is 19.1 Å². The first-order valence-electron chi connectivity index (χ1n) is 19.2. The van der Waals surface area contributed by atoms with E-state index in [2.05, 4.69) is 67.4 Å². The molecule has 264 valence electrons. The molecule has 0 aromatic heterocycles. The summed E-state index contributed by atoms with van der Waals surface area (Å²) in [6.07, 6.45) is 44.0. The summed E-state index contributed by atoms with van der Waals surface area (Å²) in [5.41, 5.74) is 0. The summed E-state index contributed by atoms with van der Waals surface area (Å²) >= 11 is 0. The Balaban J connectivity index is 2.04. The van der Waals surface area contributed by atoms with Crippen LogP contribution in [0.2, 0.25) is 0 Å². The van der Waals surface area contributed by atoms with Crippen LogP contribution in [0.4, 0.5) is 0 Å². The van der Waals surface area contributed by atoms with Crippen LogP contribution in [0, 0.1) is 0 Å². The van der Waals surface area contributed by atoms with E-state index in [1.54, 1.807) is 0 Å². The highest BCUT2D eigenvalue weighted by Crippen LogP contribution is 2.19. The Morgan fingerprint density at radius 2 is 0.826 bits per heavy atom. The van der Waals surface area contributed by atoms with E-state index >= 15 is 0 Å². The number of esters is 2. The Morgan fingerprint density at radius 1 is 0.500 bits per heavy atom. The Kier molecular flexibility index (Phi) is 28.6. The summed E-state index contributed by atoms with van der Waals surface area (Å²) in [6, 6.07) is 0. The van der Waals surface area contributed by atoms with Gasteiger partial charge in [0.15, 0.2) is 12.2 Å². The van der Waals surface area contributed by atoms with E-state index in [0.29, 0.717) is 25.9 Å². The third-order valence-electron chi connectivity index (χ3n) is 8.63. The van der Waals surface area contributed by atoms with E-state index in [4.69, 9.17) is 9.47 Å². The van der Waals surface area contributed by atoms with Crippen LogP contribution in [0.3, 0.4) is 0 Å². The Bertz CT molecular complexity index is 777. The van der Waals surface area contributed by atoms with Gasteiger partial charge < -0.3 is 9.47 Å². The first-order valence-corrected chi connectivity index (χ1v) is 19.2. The van der Waals surface area contributed by atoms with Crippen molar-refractivity contribution < 1.29 is 19.1 Å². The summed E-state index contributed by atoms with van der Waals surface area (Å²) < 4.78 is 11.5. The molecule has 0 bridgehead atoms. The van der Waals surface area contributed by atoms with Gasteiger partial charge in [0.1, 0.15) is 0 Å². The molecule has 5 heteroatoms. The van der Waals surface area contributed by atoms with Crippen molar-refractivity contribution in [3.05, 3.63) is 48.6 Å². The van der Waals surface area contributed by atoms with Crippen molar-refractivity contribution >= 4 is 11.9 Å². The lowest BCUT2D eigenvalue weighted by molar-refractivity contribution is -0.164. The SMILES string of the molecule is CCCCCC=CCC=CCCCCCCCC(=O)O[C@H]1CN(C)C[C@H]1OC(=O)CCCCCCCC=CCC=CCCCCC. The Hall–Kier alpha value is -2.14. The molecule has 0 spiro atoms. The first kappa shape index (κ1) is 41.9. The third-order valence-corrected chi connectivity index (χ3v) is 8.63. The number of likely N-dealkylation sites (N-methyl/N-ethyl adjacent to an activating group) is 1. The van der Waals surface area contributed by atoms with Crippen LogP contribution < -0.4 is 0 Å². The molecular weight excluding hydrogens is 570 g/mol. The smallest absolute Gasteiger partial charge is 0.306 e. The number of hydrogen-bond acceptors (Lipinski definition) is 5. The van der Waals surface area contributed by atoms with Gasteiger partial charge in [0, 0.05) is 25.9 Å². The van der Waals surface area contributed by atoms with Crippen LogP contribution in [0.1, 0.15) is 168 Å². The lowest BCUT2D eigenvalue weighted by Crippen LogP contribution is -2.33. The molecule has 1 saturated heterocycles. The lowest BCUT2D eigenvalue weighted by atomic mass is 10.1. The fourth-order valence-electron chi connectivity index (χ4n) is 5.77. The molecule has 0 aromatic carbocycles. The number of carbonyl (C=O) groups is 2. The maximum Gasteiger partial charge on any atom is 0.306 e. The highest BCUT2D eigenvalue weighted by Gasteiger charge is 2.36. The van der Waals surface area contributed by atoms with Crippen molar-refractivity contribution in [2.75, 3.05) is 20.1 Å². The van der Waals surface area contributed by atoms with Crippen molar-refractivity contribution in [2.45, 2.75) is 180 Å². The minimum absolute atomic E-state index is 0.166. The maximum absolute atomic E-state index is 12.5. The highest BCUT2D eigenvalue weighted by molar-refractivity contribution is 5.70. The van der Waals surface area contributed by atoms with Crippen LogP contribution in [0.25, 0.3) is 0 Å². The predicted molar refractivity (Wildman–Crippen MR) is 196 cm³/mol. The minimum Gasteiger partial charge on any atom is -0.457 e. The van der Waals surface area contributed by atoms with Gasteiger partial charge in [-0.2, -0.15) is 0 Å². The van der Waals surface area contributed by atoms with Gasteiger partial charge in [-0.15, -0.1) is 0 Å². The molecule has 1 fully saturated rings. The number of carbonyl (C=O) groups excluding carboxylic acids is 2. The topological polar surface area (TPSA) is 55.8 Å². The standard InChI is InChI=1S/C41H71NO4/c1-4-6-8-10-12-14-16-18-20-22-24-26-28-30-32-34-40(43)45-38-36-42(3)37-39(38)46-41(44)35-33-31-29-27-25-23-21-19-17-15-13-11-9-7-5-2/h12-15,18-21,38-39H,4-11,16-17,22-37H2,1-3H3/t38-,39+. The van der Waals surface area contributed by atoms with E-state index in [0.717, 1.165) is 64.2 Å². The van der Waals surface area contributed by atoms with E-state index < -0.39 is 0 Å². The van der Waals surface area contributed by atoms with Crippen molar-refractivity contribution in [2.24, 2.45) is 0 Å². The average molecular weight is 642 g/mol. The minimum atomic E-state index is -0.357. The van der Waals surface area contributed by atoms with E-state index in [9.17, 15) is 9.59 Å². The molecule has 1 aliphatic heterocycles. The molecule has 0 aliphatic carbocycles. The number of unbranched alkanes of at least 4 members (excludes halogenated alkanes) is 16. The monoisotopic (exact) mass is 642 g/mol. The van der Waals surface area contributed by atoms with Gasteiger partial charge in [-0.25, -0.2) is 0 Å². The van der Waals surface area contributed by atoms with Crippen molar-refractivity contribution in [1.82, 2.24) is 4.90 Å². The van der Waals surface area contributed by atoms with Gasteiger partial charge in [0.25, 0.3) is 0 Å². The Labute approximate surface area is 284 Å². The molecule has 0 unspecified atom stereocenters. The molecule has 0 radical (unpaired) electrons. The fraction of sp³-hybridized carbons (Fsp3) is 0.756. The molecule has 0 saturated carbocycles. The first-order chi connectivity index (χ1) is 22.6. The molecular formula is C41H71NO4. The van der Waals surface area contributed by atoms with E-state index in [1.807, 2.05) is 7.05 Å². The van der Waals surface area contributed by atoms with Crippen LogP contribution in [0.15, 0.2) is 48.6 Å². The average Bonchev–Trinajstić information content (AvgIpc) is 3.38. The number of nitrogens with zero attached hydrogens (tertiary/aromatic N) is 1. The van der Waals surface area contributed by atoms with Crippen LogP contribution >= 0.6 is 0 Å². The number of allylic oxidation sites excluding steroid dienone is 8. The van der Waals surface area contributed by atoms with Crippen molar-refractivity contribution in [1.29, 1.82) is 0 Å². The molecule has 1 rings (SSSR count). The van der Waals surface area contributed by atoms with Crippen molar-refractivity contribution in [3.63, 3.8) is 0 Å². The number of hydrogen-bond donors (Lipinski definition) is 0. The van der Waals surface area contributed by atoms with Crippen LogP contribution in [-0.4, -0.2) is 49.2 Å². The molecule has 5 nitrogen and oxygen atoms in total. The van der Waals surface area contributed by atoms with E-state index in [1.165, 1.54) is 77.0 Å². The van der Waals surface area contributed by atoms with Gasteiger partial charge in [0.05, 0.1) is 0 Å². The second-order valence-electron chi connectivity index (χ2n) is 13.2. The molecule has 1 aliphatic rings. The summed E-state index contributed by atoms with van der Waals surface area (Å²) in [7, 11) is 1.98. The zero-order chi connectivity index (χ0) is 33.3. The van der Waals surface area contributed by atoms with Crippen molar-refractivity contribution in [3.8, 4) is 0 Å². The summed E-state index contributed by atoms with van der Waals surface area (Å²) in [5, 5.41) is 0. The summed E-state index contributed by atoms with van der Waals surface area (Å²) in [4.78, 5) is 27.1. The fourth-order valence-corrected chi connectivity index (χ4v) is 5.77. The summed E-state index contributed by atoms with van der Waals surface area (Å²) in [5.74, 6) is -0.332. The maximum atomic E-state index is 12.5. The van der Waals surface area contributed by atoms with Gasteiger partial charge >= 0.3 is 11.9 Å². The third kappa shape index (κ3) is 26.0. The normalized spacial score (nSPS) is 17.4. The Morgan fingerprint density at radius 3 is 1.20 bits per heavy atom. The lowest BCUT2D eigenvalue weighted by Gasteiger charge is -2.19. The predicted octanol–water partition coefficient (Wildman–Crippen LogP) is 11.4. The number of likely N-dealkylation sites (tertiary alicyclic amines) is 1. The largest absolute Gasteiger partial charge is 0.457 e. The second kappa shape index (κ2) is 31.5. The molecule has 46 heavy (non-hydrogen) atoms. The molecule has 0 aromatic rings. The zero-order valence-corrected chi connectivity index (χ0v) is 30.2. The quantitative estimate of drug-likeness (QED) is 0.0444. The highest BCUT2D eigenvalue weighted by atomic mass is 16.6. The zero-order valence-electron chi connectivity index (χ0n) is 30.2. The van der Waals surface area contributed by atoms with Crippen LogP contribution in [0.5, 0.6) is 0 Å².